The Bertz CT molecular complexity index is 373. The van der Waals surface area contributed by atoms with Crippen LogP contribution in [0.15, 0.2) is 10.7 Å². The number of nitrogens with zero attached hydrogens (tertiary/aromatic N) is 2. The lowest BCUT2D eigenvalue weighted by Crippen LogP contribution is -2.26. The van der Waals surface area contributed by atoms with Crippen LogP contribution in [-0.2, 0) is 12.5 Å². The van der Waals surface area contributed by atoms with Gasteiger partial charge in [0.05, 0.1) is 10.2 Å². The molecule has 0 spiro atoms. The molecule has 0 aliphatic carbocycles. The zero-order valence-corrected chi connectivity index (χ0v) is 9.94. The van der Waals surface area contributed by atoms with Crippen molar-refractivity contribution in [1.29, 1.82) is 5.41 Å². The van der Waals surface area contributed by atoms with Crippen LogP contribution < -0.4 is 5.62 Å². The summed E-state index contributed by atoms with van der Waals surface area (Å²) in [4.78, 5) is 4.23. The van der Waals surface area contributed by atoms with Crippen molar-refractivity contribution in [2.75, 3.05) is 0 Å². The summed E-state index contributed by atoms with van der Waals surface area (Å²) in [6.07, 6.45) is 1.87. The third-order valence-corrected chi connectivity index (χ3v) is 2.38. The van der Waals surface area contributed by atoms with Crippen molar-refractivity contribution in [1.82, 2.24) is 9.55 Å². The van der Waals surface area contributed by atoms with E-state index in [1.54, 1.807) is 4.57 Å². The topological polar surface area (TPSA) is 41.7 Å². The van der Waals surface area contributed by atoms with E-state index in [0.717, 1.165) is 10.2 Å². The molecule has 13 heavy (non-hydrogen) atoms. The molecule has 0 radical (unpaired) electrons. The van der Waals surface area contributed by atoms with Gasteiger partial charge in [0, 0.05) is 18.7 Å². The average molecular weight is 244 g/mol. The molecule has 0 aliphatic rings. The summed E-state index contributed by atoms with van der Waals surface area (Å²) in [7, 11) is 1.81. The Morgan fingerprint density at radius 2 is 2.00 bits per heavy atom. The van der Waals surface area contributed by atoms with Crippen LogP contribution in [0.2, 0.25) is 0 Å². The standard InChI is InChI=1S/C9H14BrN3/c1-9(2,3)7-6(10)5-13(4)8(11)12-7/h5,11H,1-4H3. The third-order valence-electron chi connectivity index (χ3n) is 1.80. The van der Waals surface area contributed by atoms with E-state index in [9.17, 15) is 0 Å². The maximum atomic E-state index is 7.57. The summed E-state index contributed by atoms with van der Waals surface area (Å²) in [5, 5.41) is 7.57. The first-order chi connectivity index (χ1) is 5.82. The maximum absolute atomic E-state index is 7.57. The SMILES string of the molecule is Cn1cc(Br)c(C(C)(C)C)nc1=N. The van der Waals surface area contributed by atoms with Crippen LogP contribution in [0.1, 0.15) is 26.5 Å². The van der Waals surface area contributed by atoms with Crippen LogP contribution >= 0.6 is 15.9 Å². The van der Waals surface area contributed by atoms with E-state index in [1.807, 2.05) is 13.2 Å². The largest absolute Gasteiger partial charge is 0.320 e. The molecule has 0 bridgehead atoms. The van der Waals surface area contributed by atoms with Gasteiger partial charge in [-0.05, 0) is 15.9 Å². The second kappa shape index (κ2) is 3.25. The number of nitrogens with one attached hydrogen (secondary N) is 1. The number of halogens is 1. The molecule has 0 atom stereocenters. The first-order valence-electron chi connectivity index (χ1n) is 4.10. The Morgan fingerprint density at radius 1 is 1.46 bits per heavy atom. The van der Waals surface area contributed by atoms with E-state index >= 15 is 0 Å². The van der Waals surface area contributed by atoms with Gasteiger partial charge in [-0.1, -0.05) is 20.8 Å². The monoisotopic (exact) mass is 243 g/mol. The molecule has 0 amide bonds. The maximum Gasteiger partial charge on any atom is 0.221 e. The van der Waals surface area contributed by atoms with Crippen LogP contribution in [0.4, 0.5) is 0 Å². The summed E-state index contributed by atoms with van der Waals surface area (Å²) in [5.41, 5.74) is 1.19. The second-order valence-electron chi connectivity index (χ2n) is 4.12. The summed E-state index contributed by atoms with van der Waals surface area (Å²) < 4.78 is 2.64. The minimum atomic E-state index is -0.0249. The fraction of sp³-hybridized carbons (Fsp3) is 0.556. The normalized spacial score (nSPS) is 11.8. The Balaban J connectivity index is 3.41. The predicted molar refractivity (Wildman–Crippen MR) is 55.5 cm³/mol. The highest BCUT2D eigenvalue weighted by molar-refractivity contribution is 9.10. The van der Waals surface area contributed by atoms with Gasteiger partial charge in [0.1, 0.15) is 0 Å². The fourth-order valence-corrected chi connectivity index (χ4v) is 2.05. The van der Waals surface area contributed by atoms with Crippen molar-refractivity contribution in [3.8, 4) is 0 Å². The van der Waals surface area contributed by atoms with Crippen LogP contribution in [0.25, 0.3) is 0 Å². The summed E-state index contributed by atoms with van der Waals surface area (Å²) in [6, 6.07) is 0. The second-order valence-corrected chi connectivity index (χ2v) is 4.98. The highest BCUT2D eigenvalue weighted by Crippen LogP contribution is 2.25. The lowest BCUT2D eigenvalue weighted by atomic mass is 9.92. The molecule has 1 heterocycles. The smallest absolute Gasteiger partial charge is 0.221 e. The molecule has 4 heteroatoms. The first-order valence-corrected chi connectivity index (χ1v) is 4.90. The van der Waals surface area contributed by atoms with Gasteiger partial charge >= 0.3 is 0 Å². The zero-order valence-electron chi connectivity index (χ0n) is 8.35. The molecule has 0 fully saturated rings. The Hall–Kier alpha value is -0.640. The third kappa shape index (κ3) is 2.18. The molecule has 3 nitrogen and oxygen atoms in total. The molecule has 1 aromatic heterocycles. The fourth-order valence-electron chi connectivity index (χ4n) is 1.06. The molecular formula is C9H14BrN3. The summed E-state index contributed by atoms with van der Waals surface area (Å²) >= 11 is 3.45. The minimum absolute atomic E-state index is 0.0249. The van der Waals surface area contributed by atoms with Crippen molar-refractivity contribution in [2.24, 2.45) is 7.05 Å². The first kappa shape index (κ1) is 10.4. The summed E-state index contributed by atoms with van der Waals surface area (Å²) in [5.74, 6) is 0. The van der Waals surface area contributed by atoms with E-state index in [0.29, 0.717) is 0 Å². The molecule has 1 aromatic rings. The van der Waals surface area contributed by atoms with Gasteiger partial charge in [-0.2, -0.15) is 0 Å². The van der Waals surface area contributed by atoms with Crippen molar-refractivity contribution in [3.05, 3.63) is 22.0 Å². The Morgan fingerprint density at radius 3 is 2.46 bits per heavy atom. The minimum Gasteiger partial charge on any atom is -0.320 e. The molecule has 0 unspecified atom stereocenters. The van der Waals surface area contributed by atoms with Crippen molar-refractivity contribution in [2.45, 2.75) is 26.2 Å². The number of rotatable bonds is 0. The predicted octanol–water partition coefficient (Wildman–Crippen LogP) is 1.96. The van der Waals surface area contributed by atoms with Crippen LogP contribution in [0.3, 0.4) is 0 Å². The van der Waals surface area contributed by atoms with E-state index in [4.69, 9.17) is 5.41 Å². The Kier molecular flexibility index (Phi) is 2.61. The van der Waals surface area contributed by atoms with Crippen molar-refractivity contribution < 1.29 is 0 Å². The van der Waals surface area contributed by atoms with Crippen LogP contribution in [0.5, 0.6) is 0 Å². The number of aryl methyl sites for hydroxylation is 1. The number of hydrogen-bond acceptors (Lipinski definition) is 2. The average Bonchev–Trinajstić information content (AvgIpc) is 1.94. The molecule has 0 aliphatic heterocycles. The molecule has 0 saturated heterocycles. The summed E-state index contributed by atoms with van der Waals surface area (Å²) in [6.45, 7) is 6.25. The number of aromatic nitrogens is 2. The van der Waals surface area contributed by atoms with E-state index in [2.05, 4.69) is 41.7 Å². The molecular weight excluding hydrogens is 230 g/mol. The molecule has 72 valence electrons. The van der Waals surface area contributed by atoms with Crippen molar-refractivity contribution in [3.63, 3.8) is 0 Å². The van der Waals surface area contributed by atoms with E-state index in [1.165, 1.54) is 0 Å². The molecule has 1 rings (SSSR count). The van der Waals surface area contributed by atoms with Gasteiger partial charge in [0.15, 0.2) is 0 Å². The lowest BCUT2D eigenvalue weighted by molar-refractivity contribution is 0.549. The molecule has 0 saturated carbocycles. The van der Waals surface area contributed by atoms with Crippen LogP contribution in [-0.4, -0.2) is 9.55 Å². The highest BCUT2D eigenvalue weighted by atomic mass is 79.9. The van der Waals surface area contributed by atoms with Gasteiger partial charge in [-0.15, -0.1) is 0 Å². The number of hydrogen-bond donors (Lipinski definition) is 1. The van der Waals surface area contributed by atoms with Gasteiger partial charge in [-0.25, -0.2) is 4.98 Å². The molecule has 0 aromatic carbocycles. The van der Waals surface area contributed by atoms with Gasteiger partial charge in [0.2, 0.25) is 5.62 Å². The van der Waals surface area contributed by atoms with Gasteiger partial charge < -0.3 is 4.57 Å². The Labute approximate surface area is 86.5 Å². The quantitative estimate of drug-likeness (QED) is 0.744. The van der Waals surface area contributed by atoms with E-state index < -0.39 is 0 Å². The van der Waals surface area contributed by atoms with Crippen molar-refractivity contribution >= 4 is 15.9 Å². The van der Waals surface area contributed by atoms with Gasteiger partial charge in [-0.3, -0.25) is 5.41 Å². The molecule has 1 N–H and O–H groups in total. The lowest BCUT2D eigenvalue weighted by Gasteiger charge is -2.19. The van der Waals surface area contributed by atoms with Gasteiger partial charge in [0.25, 0.3) is 0 Å². The highest BCUT2D eigenvalue weighted by Gasteiger charge is 2.19. The van der Waals surface area contributed by atoms with Crippen LogP contribution in [0, 0.1) is 5.41 Å². The van der Waals surface area contributed by atoms with E-state index in [-0.39, 0.29) is 11.0 Å². The zero-order chi connectivity index (χ0) is 10.2.